The van der Waals surface area contributed by atoms with Crippen molar-refractivity contribution in [2.24, 2.45) is 0 Å². The van der Waals surface area contributed by atoms with Crippen LogP contribution in [-0.2, 0) is 21.7 Å². The van der Waals surface area contributed by atoms with Gasteiger partial charge < -0.3 is 24.8 Å². The second-order valence-electron chi connectivity index (χ2n) is 0. The predicted molar refractivity (Wildman–Crippen MR) is 15.7 cm³/mol. The standard InChI is InChI=1S/Al.2ClH.Mg.Ti.3H/h;2*1H;;;;;/q;;;+2;;;;/p-2. The molecule has 0 nitrogen and oxygen atoms in total. The van der Waals surface area contributed by atoms with Gasteiger partial charge in [0, 0.05) is 21.7 Å². The number of hydrogen-bond donors (Lipinski definition) is 0. The first-order valence-corrected chi connectivity index (χ1v) is 0. The Morgan fingerprint density at radius 3 is 0.800 bits per heavy atom. The normalized spacial score (nSPS) is 0. The first kappa shape index (κ1) is 49.1. The van der Waals surface area contributed by atoms with Gasteiger partial charge in [0.1, 0.15) is 0 Å². The van der Waals surface area contributed by atoms with Crippen molar-refractivity contribution in [3.05, 3.63) is 0 Å². The zero-order valence-electron chi connectivity index (χ0n) is 1.96. The van der Waals surface area contributed by atoms with Crippen molar-refractivity contribution in [3.63, 3.8) is 0 Å². The molecule has 0 spiro atoms. The van der Waals surface area contributed by atoms with Crippen LogP contribution in [0, 0.1) is 0 Å². The predicted octanol–water partition coefficient (Wildman–Crippen LogP) is -7.56. The van der Waals surface area contributed by atoms with E-state index in [-0.39, 0.29) is 86.9 Å². The van der Waals surface area contributed by atoms with Gasteiger partial charge in [0.05, 0.1) is 0 Å². The molecule has 0 saturated carbocycles. The largest absolute Gasteiger partial charge is 2.00 e. The van der Waals surface area contributed by atoms with Gasteiger partial charge in [0.2, 0.25) is 0 Å². The third kappa shape index (κ3) is 20.7. The van der Waals surface area contributed by atoms with Gasteiger partial charge in [-0.1, -0.05) is 0 Å². The first-order valence-electron chi connectivity index (χ1n) is 0. The molecule has 0 aromatic rings. The minimum absolute atomic E-state index is 0. The van der Waals surface area contributed by atoms with E-state index in [2.05, 4.69) is 0 Å². The van der Waals surface area contributed by atoms with E-state index in [1.54, 1.807) is 0 Å². The molecule has 0 amide bonds. The summed E-state index contributed by atoms with van der Waals surface area (Å²) in [5, 5.41) is 0. The number of halogens is 2. The summed E-state index contributed by atoms with van der Waals surface area (Å²) in [6.07, 6.45) is 0. The molecule has 0 rings (SSSR count). The van der Waals surface area contributed by atoms with Gasteiger partial charge in [-0.15, -0.1) is 0 Å². The molecule has 0 aliphatic carbocycles. The van der Waals surface area contributed by atoms with Crippen LogP contribution in [0.1, 0.15) is 0 Å². The zero-order chi connectivity index (χ0) is 0. The van der Waals surface area contributed by atoms with Crippen molar-refractivity contribution in [1.29, 1.82) is 0 Å². The van der Waals surface area contributed by atoms with Crippen molar-refractivity contribution in [2.75, 3.05) is 0 Å². The van der Waals surface area contributed by atoms with Crippen LogP contribution >= 0.6 is 0 Å². The van der Waals surface area contributed by atoms with Gasteiger partial charge in [0.15, 0.2) is 17.4 Å². The van der Waals surface area contributed by atoms with Crippen LogP contribution < -0.4 is 24.8 Å². The number of rotatable bonds is 0. The van der Waals surface area contributed by atoms with E-state index in [1.807, 2.05) is 0 Å². The molecule has 26 valence electrons. The van der Waals surface area contributed by atoms with Crippen LogP contribution in [-0.4, -0.2) is 40.4 Å². The molecular formula is H3AlCl2MgTi. The average Bonchev–Trinajstić information content (AvgIpc) is 0. The van der Waals surface area contributed by atoms with E-state index >= 15 is 0 Å². The Labute approximate surface area is 85.8 Å². The molecule has 5 heteroatoms. The molecule has 0 heterocycles. The topological polar surface area (TPSA) is 0 Å². The Morgan fingerprint density at radius 2 is 0.800 bits per heavy atom. The SMILES string of the molecule is [AlH3].[Cl-].[Cl-].[Mg+2].[Ti]. The van der Waals surface area contributed by atoms with Gasteiger partial charge in [-0.2, -0.15) is 0 Å². The minimum Gasteiger partial charge on any atom is -1.00 e. The van der Waals surface area contributed by atoms with E-state index in [4.69, 9.17) is 0 Å². The second kappa shape index (κ2) is 30.7. The minimum atomic E-state index is 0. The van der Waals surface area contributed by atoms with E-state index in [0.717, 1.165) is 0 Å². The molecule has 0 radical (unpaired) electrons. The smallest absolute Gasteiger partial charge is 1.00 e. The summed E-state index contributed by atoms with van der Waals surface area (Å²) in [6.45, 7) is 0. The van der Waals surface area contributed by atoms with E-state index < -0.39 is 0 Å². The molecule has 0 fully saturated rings. The summed E-state index contributed by atoms with van der Waals surface area (Å²) in [7, 11) is 0. The monoisotopic (exact) mass is 172 g/mol. The Hall–Kier alpha value is 2.59. The number of hydrogen-bond acceptors (Lipinski definition) is 0. The third-order valence-electron chi connectivity index (χ3n) is 0. The van der Waals surface area contributed by atoms with E-state index in [1.165, 1.54) is 0 Å². The van der Waals surface area contributed by atoms with Gasteiger partial charge >= 0.3 is 23.1 Å². The summed E-state index contributed by atoms with van der Waals surface area (Å²) in [5.74, 6) is 0. The first-order chi connectivity index (χ1) is 0. The maximum Gasteiger partial charge on any atom is 2.00 e. The molecule has 0 N–H and O–H groups in total. The third-order valence-corrected chi connectivity index (χ3v) is 0. The van der Waals surface area contributed by atoms with Crippen LogP contribution in [0.15, 0.2) is 0 Å². The summed E-state index contributed by atoms with van der Waals surface area (Å²) >= 11 is 0. The maximum atomic E-state index is 0. The van der Waals surface area contributed by atoms with Gasteiger partial charge in [-0.3, -0.25) is 0 Å². The molecule has 0 saturated heterocycles. The van der Waals surface area contributed by atoms with Gasteiger partial charge in [0.25, 0.3) is 0 Å². The fourth-order valence-corrected chi connectivity index (χ4v) is 0. The van der Waals surface area contributed by atoms with Crippen LogP contribution in [0.3, 0.4) is 0 Å². The van der Waals surface area contributed by atoms with Gasteiger partial charge in [-0.25, -0.2) is 0 Å². The summed E-state index contributed by atoms with van der Waals surface area (Å²) in [4.78, 5) is 0. The Morgan fingerprint density at radius 1 is 0.800 bits per heavy atom. The van der Waals surface area contributed by atoms with E-state index in [9.17, 15) is 0 Å². The fraction of sp³-hybridized carbons (Fsp3) is 0. The molecule has 0 unspecified atom stereocenters. The summed E-state index contributed by atoms with van der Waals surface area (Å²) < 4.78 is 0. The van der Waals surface area contributed by atoms with Crippen LogP contribution in [0.25, 0.3) is 0 Å². The fourth-order valence-electron chi connectivity index (χ4n) is 0. The summed E-state index contributed by atoms with van der Waals surface area (Å²) in [6, 6.07) is 0. The van der Waals surface area contributed by atoms with Crippen molar-refractivity contribution in [2.45, 2.75) is 0 Å². The Balaban J connectivity index is 0. The van der Waals surface area contributed by atoms with Crippen molar-refractivity contribution < 1.29 is 46.5 Å². The molecular weight excluding hydrogens is 170 g/mol. The Bertz CT molecular complexity index is 9.61. The molecule has 0 aromatic heterocycles. The molecule has 0 aromatic carbocycles. The summed E-state index contributed by atoms with van der Waals surface area (Å²) in [5.41, 5.74) is 0. The molecule has 0 aliphatic rings. The quantitative estimate of drug-likeness (QED) is 0.319. The van der Waals surface area contributed by atoms with Gasteiger partial charge in [-0.05, 0) is 0 Å². The van der Waals surface area contributed by atoms with Crippen LogP contribution in [0.5, 0.6) is 0 Å². The van der Waals surface area contributed by atoms with E-state index in [0.29, 0.717) is 0 Å². The molecule has 0 aliphatic heterocycles. The van der Waals surface area contributed by atoms with Crippen molar-refractivity contribution >= 4 is 40.4 Å². The zero-order valence-corrected chi connectivity index (χ0v) is 6.45. The van der Waals surface area contributed by atoms with Crippen LogP contribution in [0.2, 0.25) is 0 Å². The van der Waals surface area contributed by atoms with Crippen molar-refractivity contribution in [1.82, 2.24) is 0 Å². The van der Waals surface area contributed by atoms with Crippen LogP contribution in [0.4, 0.5) is 0 Å². The maximum absolute atomic E-state index is 0. The molecule has 0 bridgehead atoms. The Kier molecular flexibility index (Phi) is 301. The molecule has 5 heavy (non-hydrogen) atoms. The molecule has 0 atom stereocenters. The second-order valence-corrected chi connectivity index (χ2v) is 0. The van der Waals surface area contributed by atoms with Crippen molar-refractivity contribution in [3.8, 4) is 0 Å². The average molecular weight is 173 g/mol.